The van der Waals surface area contributed by atoms with E-state index in [-0.39, 0.29) is 12.5 Å². The molecule has 0 saturated carbocycles. The van der Waals surface area contributed by atoms with Crippen LogP contribution in [0.1, 0.15) is 114 Å². The van der Waals surface area contributed by atoms with Crippen molar-refractivity contribution in [1.29, 1.82) is 0 Å². The maximum Gasteiger partial charge on any atom is 0.220 e. The summed E-state index contributed by atoms with van der Waals surface area (Å²) in [7, 11) is 0. The highest BCUT2D eigenvalue weighted by molar-refractivity contribution is 5.76. The Labute approximate surface area is 258 Å². The minimum atomic E-state index is -1.01. The number of rotatable bonds is 19. The molecule has 43 heavy (non-hydrogen) atoms. The SMILES string of the molecule is CCCCCCCCCCCCCCCC(=O)N[C@H]1[C@@H](OCc2ccccc2)O[C@@H]2COC(c3ccccc3)O[C@H]2[C@@H]1O. The molecule has 2 aliphatic rings. The summed E-state index contributed by atoms with van der Waals surface area (Å²) in [5.41, 5.74) is 1.86. The minimum absolute atomic E-state index is 0.103. The van der Waals surface area contributed by atoms with Crippen molar-refractivity contribution < 1.29 is 28.8 Å². The molecular weight excluding hydrogens is 542 g/mol. The molecule has 0 aliphatic carbocycles. The van der Waals surface area contributed by atoms with Crippen LogP contribution in [0.15, 0.2) is 60.7 Å². The van der Waals surface area contributed by atoms with Crippen molar-refractivity contribution in [3.8, 4) is 0 Å². The van der Waals surface area contributed by atoms with Gasteiger partial charge in [0, 0.05) is 12.0 Å². The zero-order valence-electron chi connectivity index (χ0n) is 26.0. The average molecular weight is 596 g/mol. The number of carbonyl (C=O) groups is 1. The van der Waals surface area contributed by atoms with E-state index in [2.05, 4.69) is 12.2 Å². The van der Waals surface area contributed by atoms with E-state index in [1.165, 1.54) is 64.2 Å². The summed E-state index contributed by atoms with van der Waals surface area (Å²) in [6, 6.07) is 18.7. The van der Waals surface area contributed by atoms with Gasteiger partial charge in [0.25, 0.3) is 0 Å². The summed E-state index contributed by atoms with van der Waals surface area (Å²) in [5, 5.41) is 14.5. The van der Waals surface area contributed by atoms with Crippen LogP contribution in [0.4, 0.5) is 0 Å². The predicted molar refractivity (Wildman–Crippen MR) is 168 cm³/mol. The Hall–Kier alpha value is -2.29. The van der Waals surface area contributed by atoms with Crippen molar-refractivity contribution >= 4 is 5.91 Å². The first kappa shape index (κ1) is 33.6. The van der Waals surface area contributed by atoms with Crippen LogP contribution in [-0.4, -0.2) is 48.3 Å². The lowest BCUT2D eigenvalue weighted by Crippen LogP contribution is -2.66. The summed E-state index contributed by atoms with van der Waals surface area (Å²) in [6.45, 7) is 2.82. The van der Waals surface area contributed by atoms with Gasteiger partial charge in [0.1, 0.15) is 24.4 Å². The topological polar surface area (TPSA) is 86.3 Å². The van der Waals surface area contributed by atoms with E-state index in [0.29, 0.717) is 13.0 Å². The first-order valence-corrected chi connectivity index (χ1v) is 16.8. The zero-order chi connectivity index (χ0) is 30.1. The number of carbonyl (C=O) groups excluding carboxylic acids is 1. The Bertz CT molecular complexity index is 1020. The highest BCUT2D eigenvalue weighted by Crippen LogP contribution is 2.34. The molecule has 0 aromatic heterocycles. The Balaban J connectivity index is 1.21. The highest BCUT2D eigenvalue weighted by atomic mass is 16.7. The molecule has 2 heterocycles. The molecule has 0 spiro atoms. The number of hydrogen-bond donors (Lipinski definition) is 2. The number of ether oxygens (including phenoxy) is 4. The summed E-state index contributed by atoms with van der Waals surface area (Å²) in [4.78, 5) is 13.0. The molecule has 2 aliphatic heterocycles. The van der Waals surface area contributed by atoms with Crippen molar-refractivity contribution in [2.45, 2.75) is 140 Å². The van der Waals surface area contributed by atoms with Gasteiger partial charge in [-0.05, 0) is 12.0 Å². The lowest BCUT2D eigenvalue weighted by atomic mass is 9.95. The van der Waals surface area contributed by atoms with E-state index in [0.717, 1.165) is 30.4 Å². The van der Waals surface area contributed by atoms with Crippen LogP contribution < -0.4 is 5.32 Å². The molecule has 2 aromatic carbocycles. The van der Waals surface area contributed by atoms with Crippen LogP contribution in [0.25, 0.3) is 0 Å². The fraction of sp³-hybridized carbons (Fsp3) is 0.639. The van der Waals surface area contributed by atoms with Crippen LogP contribution >= 0.6 is 0 Å². The maximum absolute atomic E-state index is 13.0. The third kappa shape index (κ3) is 11.3. The summed E-state index contributed by atoms with van der Waals surface area (Å²) < 4.78 is 24.5. The van der Waals surface area contributed by atoms with E-state index in [9.17, 15) is 9.90 Å². The molecule has 2 fully saturated rings. The highest BCUT2D eigenvalue weighted by Gasteiger charge is 2.50. The molecule has 2 saturated heterocycles. The molecule has 2 aromatic rings. The lowest BCUT2D eigenvalue weighted by molar-refractivity contribution is -0.345. The molecule has 6 atom stereocenters. The number of aliphatic hydroxyl groups excluding tert-OH is 1. The monoisotopic (exact) mass is 595 g/mol. The molecule has 7 nitrogen and oxygen atoms in total. The minimum Gasteiger partial charge on any atom is -0.388 e. The van der Waals surface area contributed by atoms with Crippen molar-refractivity contribution in [2.24, 2.45) is 0 Å². The number of fused-ring (bicyclic) bond motifs is 1. The molecule has 2 N–H and O–H groups in total. The van der Waals surface area contributed by atoms with Gasteiger partial charge in [-0.3, -0.25) is 4.79 Å². The second-order valence-corrected chi connectivity index (χ2v) is 12.1. The average Bonchev–Trinajstić information content (AvgIpc) is 3.04. The van der Waals surface area contributed by atoms with Gasteiger partial charge < -0.3 is 29.4 Å². The van der Waals surface area contributed by atoms with Gasteiger partial charge in [-0.2, -0.15) is 0 Å². The number of amides is 1. The lowest BCUT2D eigenvalue weighted by Gasteiger charge is -2.47. The molecule has 238 valence electrons. The number of aliphatic hydroxyl groups is 1. The first-order valence-electron chi connectivity index (χ1n) is 16.8. The third-order valence-electron chi connectivity index (χ3n) is 8.53. The Kier molecular flexibility index (Phi) is 15.0. The molecule has 1 amide bonds. The van der Waals surface area contributed by atoms with Crippen molar-refractivity contribution in [3.63, 3.8) is 0 Å². The standard InChI is InChI=1S/C36H53NO6/c1-2-3-4-5-6-7-8-9-10-11-12-13-20-25-31(38)37-32-33(39)34-30(27-41-35(43-34)29-23-18-15-19-24-29)42-36(32)40-26-28-21-16-14-17-22-28/h14-19,21-24,30,32-36,39H,2-13,20,25-27H2,1H3,(H,37,38)/t30-,32-,33-,34-,35?,36+/m1/s1. The van der Waals surface area contributed by atoms with Crippen molar-refractivity contribution in [2.75, 3.05) is 6.61 Å². The van der Waals surface area contributed by atoms with E-state index in [1.54, 1.807) is 0 Å². The van der Waals surface area contributed by atoms with E-state index in [4.69, 9.17) is 18.9 Å². The van der Waals surface area contributed by atoms with Crippen LogP contribution in [0.3, 0.4) is 0 Å². The normalized spacial score (nSPS) is 25.3. The molecule has 0 bridgehead atoms. The Morgan fingerprint density at radius 3 is 2.02 bits per heavy atom. The number of unbranched alkanes of at least 4 members (excludes halogenated alkanes) is 12. The smallest absolute Gasteiger partial charge is 0.220 e. The predicted octanol–water partition coefficient (Wildman–Crippen LogP) is 7.37. The van der Waals surface area contributed by atoms with Crippen molar-refractivity contribution in [1.82, 2.24) is 5.32 Å². The van der Waals surface area contributed by atoms with Crippen LogP contribution in [0.2, 0.25) is 0 Å². The van der Waals surface area contributed by atoms with E-state index in [1.807, 2.05) is 60.7 Å². The molecule has 4 rings (SSSR count). The number of nitrogens with one attached hydrogen (secondary N) is 1. The number of benzene rings is 2. The Morgan fingerprint density at radius 1 is 0.814 bits per heavy atom. The van der Waals surface area contributed by atoms with Crippen molar-refractivity contribution in [3.05, 3.63) is 71.8 Å². The molecular formula is C36H53NO6. The van der Waals surface area contributed by atoms with Crippen LogP contribution in [0, 0.1) is 0 Å². The number of hydrogen-bond acceptors (Lipinski definition) is 6. The van der Waals surface area contributed by atoms with Crippen LogP contribution in [0.5, 0.6) is 0 Å². The van der Waals surface area contributed by atoms with Gasteiger partial charge in [0.2, 0.25) is 5.91 Å². The second kappa shape index (κ2) is 19.2. The van der Waals surface area contributed by atoms with Gasteiger partial charge in [0.15, 0.2) is 12.6 Å². The van der Waals surface area contributed by atoms with Gasteiger partial charge >= 0.3 is 0 Å². The second-order valence-electron chi connectivity index (χ2n) is 12.1. The van der Waals surface area contributed by atoms with E-state index < -0.39 is 36.9 Å². The zero-order valence-corrected chi connectivity index (χ0v) is 26.0. The summed E-state index contributed by atoms with van der Waals surface area (Å²) in [5.74, 6) is -0.103. The molecule has 0 radical (unpaired) electrons. The molecule has 7 heteroatoms. The fourth-order valence-electron chi connectivity index (χ4n) is 5.98. The van der Waals surface area contributed by atoms with Gasteiger partial charge in [-0.25, -0.2) is 0 Å². The molecule has 1 unspecified atom stereocenters. The largest absolute Gasteiger partial charge is 0.388 e. The third-order valence-corrected chi connectivity index (χ3v) is 8.53. The first-order chi connectivity index (χ1) is 21.2. The maximum atomic E-state index is 13.0. The fourth-order valence-corrected chi connectivity index (χ4v) is 5.98. The quantitative estimate of drug-likeness (QED) is 0.165. The van der Waals surface area contributed by atoms with Gasteiger partial charge in [-0.1, -0.05) is 145 Å². The van der Waals surface area contributed by atoms with E-state index >= 15 is 0 Å². The van der Waals surface area contributed by atoms with Gasteiger partial charge in [-0.15, -0.1) is 0 Å². The summed E-state index contributed by atoms with van der Waals surface area (Å²) in [6.07, 6.45) is 13.2. The van der Waals surface area contributed by atoms with Gasteiger partial charge in [0.05, 0.1) is 13.2 Å². The summed E-state index contributed by atoms with van der Waals surface area (Å²) >= 11 is 0. The Morgan fingerprint density at radius 2 is 1.40 bits per heavy atom. The van der Waals surface area contributed by atoms with Crippen LogP contribution in [-0.2, 0) is 30.3 Å².